The number of halogens is 4. The molecule has 0 radical (unpaired) electrons. The molecule has 15 heavy (non-hydrogen) atoms. The van der Waals surface area contributed by atoms with Crippen LogP contribution in [0.25, 0.3) is 0 Å². The van der Waals surface area contributed by atoms with Crippen molar-refractivity contribution in [1.82, 2.24) is 0 Å². The molecule has 0 heterocycles. The van der Waals surface area contributed by atoms with Gasteiger partial charge in [0.25, 0.3) is 0 Å². The number of nitrogens with one attached hydrogen (secondary N) is 1. The van der Waals surface area contributed by atoms with Gasteiger partial charge in [-0.05, 0) is 11.6 Å². The lowest BCUT2D eigenvalue weighted by Crippen LogP contribution is -2.16. The van der Waals surface area contributed by atoms with Gasteiger partial charge in [0.15, 0.2) is 0 Å². The fourth-order valence-corrected chi connectivity index (χ4v) is 1.14. The molecule has 0 spiro atoms. The Hall–Kier alpha value is -1.59. The van der Waals surface area contributed by atoms with E-state index in [1.165, 1.54) is 6.07 Å². The van der Waals surface area contributed by atoms with Gasteiger partial charge in [-0.3, -0.25) is 5.41 Å². The first-order chi connectivity index (χ1) is 6.82. The summed E-state index contributed by atoms with van der Waals surface area (Å²) in [5.74, 6) is -1.74. The largest absolute Gasteiger partial charge is 0.419 e. The molecule has 0 bridgehead atoms. The second-order valence-corrected chi connectivity index (χ2v) is 2.98. The van der Waals surface area contributed by atoms with Crippen molar-refractivity contribution in [3.05, 3.63) is 35.1 Å². The lowest BCUT2D eigenvalue weighted by molar-refractivity contribution is -0.140. The maximum absolute atomic E-state index is 13.3. The van der Waals surface area contributed by atoms with E-state index in [1.54, 1.807) is 0 Å². The minimum Gasteiger partial charge on any atom is -0.387 e. The highest BCUT2D eigenvalue weighted by Gasteiger charge is 2.34. The Morgan fingerprint density at radius 1 is 1.33 bits per heavy atom. The molecule has 0 fully saturated rings. The van der Waals surface area contributed by atoms with E-state index in [0.29, 0.717) is 6.07 Å². The summed E-state index contributed by atoms with van der Waals surface area (Å²) in [4.78, 5) is 0. The van der Waals surface area contributed by atoms with Crippen LogP contribution < -0.4 is 5.73 Å². The van der Waals surface area contributed by atoms with E-state index in [4.69, 9.17) is 11.1 Å². The predicted octanol–water partition coefficient (Wildman–Crippen LogP) is 2.32. The summed E-state index contributed by atoms with van der Waals surface area (Å²) in [7, 11) is 0. The lowest BCUT2D eigenvalue weighted by atomic mass is 10.1. The van der Waals surface area contributed by atoms with Crippen LogP contribution in [0.3, 0.4) is 0 Å². The van der Waals surface area contributed by atoms with Gasteiger partial charge >= 0.3 is 6.18 Å². The molecule has 1 aromatic rings. The van der Waals surface area contributed by atoms with Crippen molar-refractivity contribution in [3.8, 4) is 0 Å². The molecule has 0 atom stereocenters. The summed E-state index contributed by atoms with van der Waals surface area (Å²) in [6.07, 6.45) is -5.05. The predicted molar refractivity (Wildman–Crippen MR) is 47.0 cm³/mol. The number of benzene rings is 1. The highest BCUT2D eigenvalue weighted by Crippen LogP contribution is 2.32. The first kappa shape index (κ1) is 11.5. The van der Waals surface area contributed by atoms with Gasteiger partial charge in [-0.15, -0.1) is 0 Å². The van der Waals surface area contributed by atoms with Crippen LogP contribution in [0, 0.1) is 11.2 Å². The molecule has 1 aromatic carbocycles. The smallest absolute Gasteiger partial charge is 0.387 e. The molecular weight excluding hydrogens is 212 g/mol. The molecule has 0 aromatic heterocycles. The molecular formula is C9H8F4N2. The Bertz CT molecular complexity index is 384. The maximum atomic E-state index is 13.3. The summed E-state index contributed by atoms with van der Waals surface area (Å²) in [5, 5.41) is 6.88. The highest BCUT2D eigenvalue weighted by atomic mass is 19.4. The van der Waals surface area contributed by atoms with E-state index in [2.05, 4.69) is 0 Å². The average molecular weight is 220 g/mol. The summed E-state index contributed by atoms with van der Waals surface area (Å²) in [5.41, 5.74) is 3.43. The van der Waals surface area contributed by atoms with Gasteiger partial charge in [0.05, 0.1) is 11.4 Å². The van der Waals surface area contributed by atoms with E-state index in [1.807, 2.05) is 0 Å². The normalized spacial score (nSPS) is 11.5. The van der Waals surface area contributed by atoms with E-state index in [0.717, 1.165) is 6.07 Å². The molecule has 0 amide bonds. The standard InChI is InChI=1S/C9H8F4N2/c10-8-5(4-7(14)15)2-1-3-6(8)9(11,12)13/h1-3H,4H2,(H3,14,15). The first-order valence-corrected chi connectivity index (χ1v) is 4.00. The Morgan fingerprint density at radius 2 is 1.93 bits per heavy atom. The summed E-state index contributed by atoms with van der Waals surface area (Å²) in [6.45, 7) is 0. The van der Waals surface area contributed by atoms with Crippen molar-refractivity contribution in [2.24, 2.45) is 5.73 Å². The van der Waals surface area contributed by atoms with Gasteiger partial charge in [-0.25, -0.2) is 4.39 Å². The zero-order chi connectivity index (χ0) is 11.6. The van der Waals surface area contributed by atoms with E-state index >= 15 is 0 Å². The summed E-state index contributed by atoms with van der Waals surface area (Å²) in [6, 6.07) is 2.91. The fraction of sp³-hybridized carbons (Fsp3) is 0.222. The lowest BCUT2D eigenvalue weighted by Gasteiger charge is -2.10. The van der Waals surface area contributed by atoms with Crippen LogP contribution in [0.2, 0.25) is 0 Å². The zero-order valence-corrected chi connectivity index (χ0v) is 7.53. The summed E-state index contributed by atoms with van der Waals surface area (Å²) < 4.78 is 50.0. The molecule has 6 heteroatoms. The Morgan fingerprint density at radius 3 is 2.40 bits per heavy atom. The molecule has 0 aliphatic carbocycles. The minimum absolute atomic E-state index is 0.225. The Labute approximate surface area is 83.2 Å². The molecule has 3 N–H and O–H groups in total. The number of nitrogens with two attached hydrogens (primary N) is 1. The number of hydrogen-bond acceptors (Lipinski definition) is 1. The minimum atomic E-state index is -4.73. The van der Waals surface area contributed by atoms with Crippen LogP contribution in [-0.4, -0.2) is 5.84 Å². The SMILES string of the molecule is N=C(N)Cc1cccc(C(F)(F)F)c1F. The van der Waals surface area contributed by atoms with Gasteiger partial charge < -0.3 is 5.73 Å². The van der Waals surface area contributed by atoms with Crippen molar-refractivity contribution in [3.63, 3.8) is 0 Å². The zero-order valence-electron chi connectivity index (χ0n) is 7.53. The third-order valence-electron chi connectivity index (χ3n) is 1.76. The van der Waals surface area contributed by atoms with Crippen molar-refractivity contribution < 1.29 is 17.6 Å². The molecule has 2 nitrogen and oxygen atoms in total. The number of rotatable bonds is 2. The maximum Gasteiger partial charge on any atom is 0.419 e. The van der Waals surface area contributed by atoms with Crippen LogP contribution in [0.4, 0.5) is 17.6 Å². The molecule has 0 aliphatic heterocycles. The molecule has 0 saturated heterocycles. The van der Waals surface area contributed by atoms with Crippen LogP contribution in [-0.2, 0) is 12.6 Å². The Balaban J connectivity index is 3.17. The molecule has 0 saturated carbocycles. The van der Waals surface area contributed by atoms with Crippen LogP contribution >= 0.6 is 0 Å². The molecule has 1 rings (SSSR count). The summed E-state index contributed by atoms with van der Waals surface area (Å²) >= 11 is 0. The van der Waals surface area contributed by atoms with Gasteiger partial charge in [-0.1, -0.05) is 12.1 Å². The van der Waals surface area contributed by atoms with Crippen molar-refractivity contribution in [2.75, 3.05) is 0 Å². The number of hydrogen-bond donors (Lipinski definition) is 2. The van der Waals surface area contributed by atoms with Gasteiger partial charge in [0.1, 0.15) is 5.82 Å². The monoisotopic (exact) mass is 220 g/mol. The quantitative estimate of drug-likeness (QED) is 0.448. The molecule has 0 unspecified atom stereocenters. The van der Waals surface area contributed by atoms with Crippen molar-refractivity contribution >= 4 is 5.84 Å². The molecule has 0 aliphatic rings. The van der Waals surface area contributed by atoms with E-state index < -0.39 is 17.6 Å². The second kappa shape index (κ2) is 3.88. The Kier molecular flexibility index (Phi) is 2.97. The average Bonchev–Trinajstić information content (AvgIpc) is 2.05. The third kappa shape index (κ3) is 2.68. The number of amidine groups is 1. The van der Waals surface area contributed by atoms with Gasteiger partial charge in [0.2, 0.25) is 0 Å². The third-order valence-corrected chi connectivity index (χ3v) is 1.76. The van der Waals surface area contributed by atoms with Crippen molar-refractivity contribution in [2.45, 2.75) is 12.6 Å². The fourth-order valence-electron chi connectivity index (χ4n) is 1.14. The molecule has 82 valence electrons. The van der Waals surface area contributed by atoms with E-state index in [9.17, 15) is 17.6 Å². The van der Waals surface area contributed by atoms with E-state index in [-0.39, 0.29) is 17.8 Å². The number of alkyl halides is 3. The van der Waals surface area contributed by atoms with Crippen LogP contribution in [0.15, 0.2) is 18.2 Å². The topological polar surface area (TPSA) is 49.9 Å². The van der Waals surface area contributed by atoms with Gasteiger partial charge in [0, 0.05) is 6.42 Å². The first-order valence-electron chi connectivity index (χ1n) is 4.00. The van der Waals surface area contributed by atoms with Gasteiger partial charge in [-0.2, -0.15) is 13.2 Å². The van der Waals surface area contributed by atoms with Crippen molar-refractivity contribution in [1.29, 1.82) is 5.41 Å². The van der Waals surface area contributed by atoms with Crippen LogP contribution in [0.5, 0.6) is 0 Å². The van der Waals surface area contributed by atoms with Crippen LogP contribution in [0.1, 0.15) is 11.1 Å². The highest BCUT2D eigenvalue weighted by molar-refractivity contribution is 5.79. The second-order valence-electron chi connectivity index (χ2n) is 2.98.